The zero-order chi connectivity index (χ0) is 31.9. The van der Waals surface area contributed by atoms with Crippen molar-refractivity contribution < 1.29 is 24.2 Å². The predicted octanol–water partition coefficient (Wildman–Crippen LogP) is 7.42. The molecule has 0 unspecified atom stereocenters. The van der Waals surface area contributed by atoms with Gasteiger partial charge in [-0.3, -0.25) is 9.47 Å². The number of carbonyl (C=O) groups excluding carboxylic acids is 2. The van der Waals surface area contributed by atoms with E-state index in [1.54, 1.807) is 4.57 Å². The molecule has 0 saturated carbocycles. The van der Waals surface area contributed by atoms with Crippen LogP contribution >= 0.6 is 0 Å². The normalized spacial score (nSPS) is 18.6. The average Bonchev–Trinajstić information content (AvgIpc) is 3.30. The van der Waals surface area contributed by atoms with Gasteiger partial charge in [0, 0.05) is 24.7 Å². The van der Waals surface area contributed by atoms with Gasteiger partial charge in [0.15, 0.2) is 0 Å². The second-order valence-corrected chi connectivity index (χ2v) is 14.9. The molecule has 1 saturated heterocycles. The molecule has 2 atom stereocenters. The number of β-amino-alcohol motifs (C(OH)–C–C–N with tert-alkyl or cyclic N) is 1. The lowest BCUT2D eigenvalue weighted by atomic mass is 9.76. The van der Waals surface area contributed by atoms with Crippen LogP contribution in [0.15, 0.2) is 42.6 Å². The van der Waals surface area contributed by atoms with Crippen LogP contribution in [0.3, 0.4) is 0 Å². The van der Waals surface area contributed by atoms with Gasteiger partial charge in [0.05, 0.1) is 16.7 Å². The topological polar surface area (TPSA) is 81.0 Å². The molecular formula is C36H50N2O5. The number of hydrogen-bond donors (Lipinski definition) is 1. The van der Waals surface area contributed by atoms with Crippen LogP contribution in [-0.2, 0) is 15.9 Å². The van der Waals surface area contributed by atoms with E-state index < -0.39 is 16.8 Å². The van der Waals surface area contributed by atoms with Crippen LogP contribution in [-0.4, -0.2) is 63.1 Å². The summed E-state index contributed by atoms with van der Waals surface area (Å²) in [6.45, 7) is 21.5. The number of carbonyl (C=O) groups is 2. The molecule has 1 aromatic heterocycles. The van der Waals surface area contributed by atoms with Crippen molar-refractivity contribution in [3.8, 4) is 0 Å². The summed E-state index contributed by atoms with van der Waals surface area (Å²) < 4.78 is 12.9. The first kappa shape index (κ1) is 32.7. The number of aliphatic hydroxyl groups is 1. The van der Waals surface area contributed by atoms with E-state index in [0.29, 0.717) is 18.0 Å². The first-order chi connectivity index (χ1) is 19.8. The number of benzene rings is 2. The lowest BCUT2D eigenvalue weighted by Gasteiger charge is -2.41. The highest BCUT2D eigenvalue weighted by Crippen LogP contribution is 2.38. The molecule has 234 valence electrons. The van der Waals surface area contributed by atoms with E-state index in [2.05, 4.69) is 30.0 Å². The van der Waals surface area contributed by atoms with E-state index in [1.165, 1.54) is 16.7 Å². The van der Waals surface area contributed by atoms with E-state index in [9.17, 15) is 14.7 Å². The molecule has 4 rings (SSSR count). The van der Waals surface area contributed by atoms with Crippen LogP contribution in [0.2, 0.25) is 0 Å². The maximum absolute atomic E-state index is 13.1. The minimum Gasteiger partial charge on any atom is -0.456 e. The van der Waals surface area contributed by atoms with Gasteiger partial charge in [0.1, 0.15) is 11.2 Å². The van der Waals surface area contributed by atoms with Crippen molar-refractivity contribution in [3.05, 3.63) is 70.4 Å². The molecule has 0 radical (unpaired) electrons. The fourth-order valence-electron chi connectivity index (χ4n) is 6.35. The molecule has 0 aliphatic carbocycles. The Morgan fingerprint density at radius 1 is 0.907 bits per heavy atom. The number of aromatic nitrogens is 1. The molecule has 7 nitrogen and oxygen atoms in total. The lowest BCUT2D eigenvalue weighted by molar-refractivity contribution is 0.00683. The van der Waals surface area contributed by atoms with Crippen molar-refractivity contribution >= 4 is 23.0 Å². The molecule has 7 heteroatoms. The van der Waals surface area contributed by atoms with Gasteiger partial charge in [-0.1, -0.05) is 18.2 Å². The fourth-order valence-corrected chi connectivity index (χ4v) is 6.35. The molecule has 3 aromatic rings. The van der Waals surface area contributed by atoms with Crippen molar-refractivity contribution in [1.82, 2.24) is 9.47 Å². The Morgan fingerprint density at radius 3 is 2.12 bits per heavy atom. The van der Waals surface area contributed by atoms with Crippen molar-refractivity contribution in [2.45, 2.75) is 105 Å². The molecule has 2 heterocycles. The van der Waals surface area contributed by atoms with Gasteiger partial charge in [-0.2, -0.15) is 0 Å². The Labute approximate surface area is 257 Å². The van der Waals surface area contributed by atoms with Gasteiger partial charge in [0.2, 0.25) is 0 Å². The molecule has 1 fully saturated rings. The number of fused-ring (bicyclic) bond motifs is 1. The summed E-state index contributed by atoms with van der Waals surface area (Å²) in [5.41, 5.74) is 4.18. The molecule has 0 amide bonds. The van der Waals surface area contributed by atoms with E-state index in [4.69, 9.17) is 9.47 Å². The Bertz CT molecular complexity index is 1460. The lowest BCUT2D eigenvalue weighted by Crippen LogP contribution is -2.46. The summed E-state index contributed by atoms with van der Waals surface area (Å²) >= 11 is 0. The van der Waals surface area contributed by atoms with Crippen LogP contribution in [0.5, 0.6) is 0 Å². The Hall–Kier alpha value is -3.16. The van der Waals surface area contributed by atoms with Crippen LogP contribution in [0.4, 0.5) is 4.79 Å². The van der Waals surface area contributed by atoms with Gasteiger partial charge in [-0.05, 0) is 141 Å². The van der Waals surface area contributed by atoms with Gasteiger partial charge >= 0.3 is 12.1 Å². The SMILES string of the molecule is Cc1cc(C)c2c(ccn2C(=O)OC(C)(C)C)c1C[C@@H]1CCN(CC(C)(C)O)C[C@H]1c1ccc(C(=O)OC(C)(C)C)cc1. The maximum atomic E-state index is 13.1. The highest BCUT2D eigenvalue weighted by molar-refractivity contribution is 5.94. The molecule has 0 spiro atoms. The zero-order valence-electron chi connectivity index (χ0n) is 27.7. The molecule has 1 N–H and O–H groups in total. The van der Waals surface area contributed by atoms with E-state index in [-0.39, 0.29) is 18.0 Å². The summed E-state index contributed by atoms with van der Waals surface area (Å²) in [5, 5.41) is 11.7. The minimum atomic E-state index is -0.789. The predicted molar refractivity (Wildman–Crippen MR) is 172 cm³/mol. The Morgan fingerprint density at radius 2 is 1.53 bits per heavy atom. The van der Waals surface area contributed by atoms with E-state index in [0.717, 1.165) is 42.4 Å². The molecule has 2 aromatic carbocycles. The van der Waals surface area contributed by atoms with Crippen LogP contribution in [0, 0.1) is 19.8 Å². The van der Waals surface area contributed by atoms with Crippen molar-refractivity contribution in [3.63, 3.8) is 0 Å². The number of ether oxygens (including phenoxy) is 2. The van der Waals surface area contributed by atoms with Gasteiger partial charge < -0.3 is 14.6 Å². The smallest absolute Gasteiger partial charge is 0.418 e. The average molecular weight is 591 g/mol. The molecule has 43 heavy (non-hydrogen) atoms. The number of rotatable bonds is 6. The van der Waals surface area contributed by atoms with Gasteiger partial charge in [-0.25, -0.2) is 9.59 Å². The van der Waals surface area contributed by atoms with Crippen LogP contribution < -0.4 is 0 Å². The summed E-state index contributed by atoms with van der Waals surface area (Å²) in [5.74, 6) is 0.211. The maximum Gasteiger partial charge on any atom is 0.418 e. The molecule has 1 aliphatic rings. The number of nitrogens with zero attached hydrogens (tertiary/aromatic N) is 2. The zero-order valence-corrected chi connectivity index (χ0v) is 27.7. The van der Waals surface area contributed by atoms with E-state index in [1.807, 2.05) is 86.7 Å². The number of likely N-dealkylation sites (tertiary alicyclic amines) is 1. The van der Waals surface area contributed by atoms with Gasteiger partial charge in [0.25, 0.3) is 0 Å². The number of aryl methyl sites for hydroxylation is 2. The largest absolute Gasteiger partial charge is 0.456 e. The van der Waals surface area contributed by atoms with Crippen molar-refractivity contribution in [2.75, 3.05) is 19.6 Å². The third-order valence-electron chi connectivity index (χ3n) is 7.97. The summed E-state index contributed by atoms with van der Waals surface area (Å²) in [4.78, 5) is 28.1. The fraction of sp³-hybridized carbons (Fsp3) is 0.556. The standard InChI is InChI=1S/C36H50N2O5/c1-23-19-24(2)31-28(16-18-38(31)33(40)43-35(6,7)8)29(23)20-27-15-17-37(22-36(9,10)41)21-30(27)25-11-13-26(14-12-25)32(39)42-34(3,4)5/h11-14,16,18-19,27,30,41H,15,17,20-22H2,1-10H3/t27-,30-/m0/s1. The Balaban J connectivity index is 1.68. The highest BCUT2D eigenvalue weighted by atomic mass is 16.6. The van der Waals surface area contributed by atoms with Gasteiger partial charge in [-0.15, -0.1) is 0 Å². The highest BCUT2D eigenvalue weighted by Gasteiger charge is 2.34. The summed E-state index contributed by atoms with van der Waals surface area (Å²) in [7, 11) is 0. The van der Waals surface area contributed by atoms with E-state index >= 15 is 0 Å². The third-order valence-corrected chi connectivity index (χ3v) is 7.97. The monoisotopic (exact) mass is 590 g/mol. The Kier molecular flexibility index (Phi) is 9.20. The summed E-state index contributed by atoms with van der Waals surface area (Å²) in [6.07, 6.45) is 3.28. The van der Waals surface area contributed by atoms with Crippen LogP contribution in [0.1, 0.15) is 100 Å². The molecular weight excluding hydrogens is 540 g/mol. The first-order valence-electron chi connectivity index (χ1n) is 15.4. The second kappa shape index (κ2) is 12.1. The quantitative estimate of drug-likeness (QED) is 0.301. The van der Waals surface area contributed by atoms with Crippen molar-refractivity contribution in [1.29, 1.82) is 0 Å². The molecule has 0 bridgehead atoms. The minimum absolute atomic E-state index is 0.201. The summed E-state index contributed by atoms with van der Waals surface area (Å²) in [6, 6.07) is 12.1. The molecule has 1 aliphatic heterocycles. The number of hydrogen-bond acceptors (Lipinski definition) is 6. The third kappa shape index (κ3) is 8.27. The second-order valence-electron chi connectivity index (χ2n) is 14.9. The van der Waals surface area contributed by atoms with Crippen molar-refractivity contribution in [2.24, 2.45) is 5.92 Å². The first-order valence-corrected chi connectivity index (χ1v) is 15.4. The number of esters is 1. The van der Waals surface area contributed by atoms with Crippen LogP contribution in [0.25, 0.3) is 10.9 Å². The number of piperidine rings is 1.